The largest absolute Gasteiger partial charge is 0.394 e. The number of nitrogens with two attached hydrogens (primary N) is 1. The van der Waals surface area contributed by atoms with Crippen molar-refractivity contribution in [2.45, 2.75) is 45.7 Å². The molecule has 0 amide bonds. The standard InChI is InChI=1S/C12H22N4O/c1-3-6-16-12(11(13)9(2)14-16)15-7-4-5-10(15)8-17/h10,17H,3-8,13H2,1-2H3. The van der Waals surface area contributed by atoms with Crippen LogP contribution in [0.3, 0.4) is 0 Å². The van der Waals surface area contributed by atoms with Gasteiger partial charge in [-0.15, -0.1) is 0 Å². The summed E-state index contributed by atoms with van der Waals surface area (Å²) >= 11 is 0. The van der Waals surface area contributed by atoms with E-state index >= 15 is 0 Å². The number of rotatable bonds is 4. The smallest absolute Gasteiger partial charge is 0.150 e. The first kappa shape index (κ1) is 12.2. The van der Waals surface area contributed by atoms with Crippen LogP contribution in [-0.4, -0.2) is 34.1 Å². The van der Waals surface area contributed by atoms with Crippen LogP contribution in [0, 0.1) is 6.92 Å². The topological polar surface area (TPSA) is 67.3 Å². The number of aromatic nitrogens is 2. The quantitative estimate of drug-likeness (QED) is 0.825. The van der Waals surface area contributed by atoms with Gasteiger partial charge in [-0.3, -0.25) is 0 Å². The van der Waals surface area contributed by atoms with Gasteiger partial charge in [0, 0.05) is 13.1 Å². The van der Waals surface area contributed by atoms with Crippen molar-refractivity contribution < 1.29 is 5.11 Å². The van der Waals surface area contributed by atoms with Gasteiger partial charge >= 0.3 is 0 Å². The van der Waals surface area contributed by atoms with Gasteiger partial charge in [-0.25, -0.2) is 4.68 Å². The van der Waals surface area contributed by atoms with Crippen LogP contribution in [0.2, 0.25) is 0 Å². The number of anilines is 2. The van der Waals surface area contributed by atoms with Crippen molar-refractivity contribution in [2.75, 3.05) is 23.8 Å². The average Bonchev–Trinajstić information content (AvgIpc) is 2.86. The highest BCUT2D eigenvalue weighted by molar-refractivity contribution is 5.67. The molecule has 1 saturated heterocycles. The molecule has 17 heavy (non-hydrogen) atoms. The highest BCUT2D eigenvalue weighted by Crippen LogP contribution is 2.32. The van der Waals surface area contributed by atoms with Crippen molar-refractivity contribution in [3.05, 3.63) is 5.69 Å². The molecule has 1 atom stereocenters. The number of hydrogen-bond donors (Lipinski definition) is 2. The fourth-order valence-electron chi connectivity index (χ4n) is 2.56. The zero-order valence-electron chi connectivity index (χ0n) is 10.7. The van der Waals surface area contributed by atoms with Gasteiger partial charge in [0.2, 0.25) is 0 Å². The van der Waals surface area contributed by atoms with Gasteiger partial charge in [-0.1, -0.05) is 6.92 Å². The van der Waals surface area contributed by atoms with E-state index in [1.165, 1.54) is 0 Å². The molecule has 0 bridgehead atoms. The molecule has 96 valence electrons. The van der Waals surface area contributed by atoms with E-state index in [4.69, 9.17) is 5.73 Å². The lowest BCUT2D eigenvalue weighted by Crippen LogP contribution is -2.34. The predicted molar refractivity (Wildman–Crippen MR) is 69.1 cm³/mol. The number of nitrogens with zero attached hydrogens (tertiary/aromatic N) is 3. The van der Waals surface area contributed by atoms with E-state index in [1.807, 2.05) is 11.6 Å². The maximum absolute atomic E-state index is 9.40. The third-order valence-corrected chi connectivity index (χ3v) is 3.44. The maximum Gasteiger partial charge on any atom is 0.150 e. The van der Waals surface area contributed by atoms with E-state index in [9.17, 15) is 5.11 Å². The Hall–Kier alpha value is -1.23. The summed E-state index contributed by atoms with van der Waals surface area (Å²) in [6, 6.07) is 0.198. The van der Waals surface area contributed by atoms with Crippen molar-refractivity contribution in [3.63, 3.8) is 0 Å². The first-order chi connectivity index (χ1) is 8.19. The fraction of sp³-hybridized carbons (Fsp3) is 0.750. The second kappa shape index (κ2) is 4.96. The van der Waals surface area contributed by atoms with E-state index in [-0.39, 0.29) is 12.6 Å². The molecule has 1 aromatic heterocycles. The van der Waals surface area contributed by atoms with Gasteiger partial charge in [-0.2, -0.15) is 5.10 Å². The highest BCUT2D eigenvalue weighted by atomic mass is 16.3. The minimum Gasteiger partial charge on any atom is -0.394 e. The number of aryl methyl sites for hydroxylation is 2. The zero-order valence-corrected chi connectivity index (χ0v) is 10.7. The van der Waals surface area contributed by atoms with E-state index < -0.39 is 0 Å². The highest BCUT2D eigenvalue weighted by Gasteiger charge is 2.29. The van der Waals surface area contributed by atoms with E-state index in [0.29, 0.717) is 0 Å². The van der Waals surface area contributed by atoms with Crippen molar-refractivity contribution in [1.29, 1.82) is 0 Å². The summed E-state index contributed by atoms with van der Waals surface area (Å²) in [6.07, 6.45) is 3.18. The summed E-state index contributed by atoms with van der Waals surface area (Å²) in [5, 5.41) is 13.9. The molecule has 1 aromatic rings. The summed E-state index contributed by atoms with van der Waals surface area (Å²) in [5.41, 5.74) is 7.77. The number of aliphatic hydroxyl groups is 1. The van der Waals surface area contributed by atoms with Crippen molar-refractivity contribution in [3.8, 4) is 0 Å². The lowest BCUT2D eigenvalue weighted by Gasteiger charge is -2.26. The Morgan fingerprint density at radius 2 is 2.29 bits per heavy atom. The Labute approximate surface area is 102 Å². The molecule has 1 unspecified atom stereocenters. The molecule has 1 fully saturated rings. The first-order valence-electron chi connectivity index (χ1n) is 6.39. The van der Waals surface area contributed by atoms with Crippen LogP contribution in [0.5, 0.6) is 0 Å². The normalized spacial score (nSPS) is 20.2. The molecule has 1 aliphatic heterocycles. The molecular weight excluding hydrogens is 216 g/mol. The summed E-state index contributed by atoms with van der Waals surface area (Å²) in [5.74, 6) is 1.00. The lowest BCUT2D eigenvalue weighted by molar-refractivity contribution is 0.265. The molecule has 0 spiro atoms. The number of hydrogen-bond acceptors (Lipinski definition) is 4. The van der Waals surface area contributed by atoms with Gasteiger partial charge < -0.3 is 15.7 Å². The maximum atomic E-state index is 9.40. The first-order valence-corrected chi connectivity index (χ1v) is 6.39. The zero-order chi connectivity index (χ0) is 12.4. The Kier molecular flexibility index (Phi) is 3.57. The molecule has 5 nitrogen and oxygen atoms in total. The summed E-state index contributed by atoms with van der Waals surface area (Å²) < 4.78 is 1.98. The van der Waals surface area contributed by atoms with Crippen LogP contribution < -0.4 is 10.6 Å². The van der Waals surface area contributed by atoms with E-state index in [1.54, 1.807) is 0 Å². The monoisotopic (exact) mass is 238 g/mol. The third-order valence-electron chi connectivity index (χ3n) is 3.44. The Morgan fingerprint density at radius 1 is 1.53 bits per heavy atom. The van der Waals surface area contributed by atoms with Gasteiger partial charge in [0.25, 0.3) is 0 Å². The van der Waals surface area contributed by atoms with Crippen LogP contribution in [0.25, 0.3) is 0 Å². The van der Waals surface area contributed by atoms with Crippen LogP contribution >= 0.6 is 0 Å². The predicted octanol–water partition coefficient (Wildman–Crippen LogP) is 1.14. The fourth-order valence-corrected chi connectivity index (χ4v) is 2.56. The summed E-state index contributed by atoms with van der Waals surface area (Å²) in [7, 11) is 0. The minimum absolute atomic E-state index is 0.190. The van der Waals surface area contributed by atoms with E-state index in [0.717, 1.165) is 49.6 Å². The average molecular weight is 238 g/mol. The molecule has 0 aromatic carbocycles. The Balaban J connectivity index is 2.35. The van der Waals surface area contributed by atoms with Crippen LogP contribution in [-0.2, 0) is 6.54 Å². The molecule has 2 rings (SSSR count). The number of aliphatic hydroxyl groups excluding tert-OH is 1. The van der Waals surface area contributed by atoms with Crippen LogP contribution in [0.15, 0.2) is 0 Å². The van der Waals surface area contributed by atoms with Gasteiger partial charge in [0.15, 0.2) is 5.82 Å². The molecule has 0 saturated carbocycles. The lowest BCUT2D eigenvalue weighted by atomic mass is 10.2. The molecule has 0 aliphatic carbocycles. The molecule has 0 radical (unpaired) electrons. The van der Waals surface area contributed by atoms with Gasteiger partial charge in [0.05, 0.1) is 24.0 Å². The van der Waals surface area contributed by atoms with Gasteiger partial charge in [-0.05, 0) is 26.2 Å². The van der Waals surface area contributed by atoms with E-state index in [2.05, 4.69) is 16.9 Å². The second-order valence-electron chi connectivity index (χ2n) is 4.72. The summed E-state index contributed by atoms with van der Waals surface area (Å²) in [6.45, 7) is 6.10. The Bertz CT molecular complexity index is 388. The van der Waals surface area contributed by atoms with Crippen molar-refractivity contribution >= 4 is 11.5 Å². The third kappa shape index (κ3) is 2.11. The van der Waals surface area contributed by atoms with Crippen molar-refractivity contribution in [2.24, 2.45) is 0 Å². The summed E-state index contributed by atoms with van der Waals surface area (Å²) in [4.78, 5) is 2.21. The van der Waals surface area contributed by atoms with Crippen molar-refractivity contribution in [1.82, 2.24) is 9.78 Å². The minimum atomic E-state index is 0.190. The molecule has 3 N–H and O–H groups in total. The van der Waals surface area contributed by atoms with Crippen LogP contribution in [0.1, 0.15) is 31.9 Å². The SMILES string of the molecule is CCCn1nc(C)c(N)c1N1CCCC1CO. The molecular formula is C12H22N4O. The second-order valence-corrected chi connectivity index (χ2v) is 4.72. The number of nitrogen functional groups attached to an aromatic ring is 1. The van der Waals surface area contributed by atoms with Crippen LogP contribution in [0.4, 0.5) is 11.5 Å². The Morgan fingerprint density at radius 3 is 2.94 bits per heavy atom. The molecule has 2 heterocycles. The van der Waals surface area contributed by atoms with Gasteiger partial charge in [0.1, 0.15) is 0 Å². The molecule has 1 aliphatic rings. The molecule has 5 heteroatoms.